The van der Waals surface area contributed by atoms with Crippen LogP contribution < -0.4 is 15.8 Å². The number of carboxylic acids is 2. The fraction of sp³-hybridized carbons (Fsp3) is 0.138. The van der Waals surface area contributed by atoms with Gasteiger partial charge in [-0.25, -0.2) is 9.59 Å². The number of hydrogen-bond acceptors (Lipinski definition) is 8. The Labute approximate surface area is 233 Å². The monoisotopic (exact) mass is 558 g/mol. The van der Waals surface area contributed by atoms with Crippen molar-refractivity contribution in [2.45, 2.75) is 13.0 Å². The average molecular weight is 559 g/mol. The third-order valence-corrected chi connectivity index (χ3v) is 5.96. The van der Waals surface area contributed by atoms with Crippen molar-refractivity contribution in [1.29, 1.82) is 5.41 Å². The summed E-state index contributed by atoms with van der Waals surface area (Å²) in [7, 11) is 0. The van der Waals surface area contributed by atoms with Gasteiger partial charge in [0.25, 0.3) is 0 Å². The van der Waals surface area contributed by atoms with Gasteiger partial charge in [-0.05, 0) is 54.1 Å². The highest BCUT2D eigenvalue weighted by Gasteiger charge is 2.18. The number of Topliss-reactive ketones (excluding diaryl/α,β-unsaturated/α-hetero) is 1. The fourth-order valence-corrected chi connectivity index (χ4v) is 4.21. The van der Waals surface area contributed by atoms with E-state index in [-0.39, 0.29) is 48.1 Å². The molecular weight excluding hydrogens is 532 g/mol. The number of rotatable bonds is 12. The van der Waals surface area contributed by atoms with Crippen LogP contribution in [0, 0.1) is 5.41 Å². The zero-order valence-corrected chi connectivity index (χ0v) is 21.6. The standard InChI is InChI=1S/C29H26N4O8/c30-29(31)32-21-6-4-18(5-7-21)28(39)41-23-8-9-24-20(16-40-25(24)12-23)11-22(34)14-33(15-26(35)36)13-17-2-1-3-19(10-17)27(37)38/h1-10,12,16H,11,13-15H2,(H,35,36)(H,37,38)(H4,30,31,32). The lowest BCUT2D eigenvalue weighted by atomic mass is 10.1. The van der Waals surface area contributed by atoms with Gasteiger partial charge in [0, 0.05) is 35.7 Å². The largest absolute Gasteiger partial charge is 0.480 e. The Morgan fingerprint density at radius 1 is 0.951 bits per heavy atom. The number of anilines is 1. The molecule has 0 amide bonds. The highest BCUT2D eigenvalue weighted by Crippen LogP contribution is 2.27. The number of nitrogens with one attached hydrogen (secondary N) is 2. The van der Waals surface area contributed by atoms with E-state index in [0.29, 0.717) is 27.8 Å². The Kier molecular flexibility index (Phi) is 8.75. The lowest BCUT2D eigenvalue weighted by molar-refractivity contribution is -0.138. The van der Waals surface area contributed by atoms with Crippen LogP contribution in [0.3, 0.4) is 0 Å². The van der Waals surface area contributed by atoms with Crippen LogP contribution in [0.2, 0.25) is 0 Å². The zero-order valence-electron chi connectivity index (χ0n) is 21.6. The third kappa shape index (κ3) is 7.77. The van der Waals surface area contributed by atoms with Gasteiger partial charge in [-0.1, -0.05) is 12.1 Å². The van der Waals surface area contributed by atoms with E-state index < -0.39 is 24.5 Å². The van der Waals surface area contributed by atoms with Gasteiger partial charge in [0.05, 0.1) is 30.5 Å². The molecule has 3 aromatic carbocycles. The quantitative estimate of drug-likeness (QED) is 0.0740. The van der Waals surface area contributed by atoms with E-state index in [1.165, 1.54) is 41.5 Å². The topological polar surface area (TPSA) is 196 Å². The van der Waals surface area contributed by atoms with Crippen LogP contribution in [-0.2, 0) is 22.6 Å². The number of hydrogen-bond donors (Lipinski definition) is 5. The number of nitrogens with zero attached hydrogens (tertiary/aromatic N) is 1. The second-order valence-electron chi connectivity index (χ2n) is 9.18. The van der Waals surface area contributed by atoms with E-state index in [9.17, 15) is 29.4 Å². The molecule has 0 fully saturated rings. The molecule has 12 nitrogen and oxygen atoms in total. The number of benzene rings is 3. The van der Waals surface area contributed by atoms with E-state index in [1.54, 1.807) is 36.4 Å². The van der Waals surface area contributed by atoms with Gasteiger partial charge in [-0.15, -0.1) is 0 Å². The minimum Gasteiger partial charge on any atom is -0.480 e. The van der Waals surface area contributed by atoms with E-state index in [0.717, 1.165) is 0 Å². The smallest absolute Gasteiger partial charge is 0.343 e. The number of nitrogens with two attached hydrogens (primary N) is 1. The van der Waals surface area contributed by atoms with Crippen molar-refractivity contribution >= 4 is 46.3 Å². The summed E-state index contributed by atoms with van der Waals surface area (Å²) in [6, 6.07) is 17.1. The van der Waals surface area contributed by atoms with Gasteiger partial charge in [0.15, 0.2) is 11.7 Å². The number of carbonyl (C=O) groups is 4. The summed E-state index contributed by atoms with van der Waals surface area (Å²) >= 11 is 0. The molecule has 6 N–H and O–H groups in total. The number of guanidine groups is 1. The number of fused-ring (bicyclic) bond motifs is 1. The van der Waals surface area contributed by atoms with Crippen molar-refractivity contribution in [1.82, 2.24) is 4.90 Å². The number of aliphatic carboxylic acids is 1. The van der Waals surface area contributed by atoms with Crippen molar-refractivity contribution in [2.24, 2.45) is 5.73 Å². The molecule has 0 unspecified atom stereocenters. The Balaban J connectivity index is 1.40. The highest BCUT2D eigenvalue weighted by molar-refractivity contribution is 5.94. The first-order valence-corrected chi connectivity index (χ1v) is 12.3. The Morgan fingerprint density at radius 3 is 2.39 bits per heavy atom. The van der Waals surface area contributed by atoms with Crippen molar-refractivity contribution < 1.29 is 38.5 Å². The summed E-state index contributed by atoms with van der Waals surface area (Å²) in [6.45, 7) is -0.497. The number of esters is 1. The molecular formula is C29H26N4O8. The average Bonchev–Trinajstić information content (AvgIpc) is 3.30. The Hall–Kier alpha value is -5.49. The molecule has 210 valence electrons. The Bertz CT molecular complexity index is 1630. The molecule has 0 saturated heterocycles. The predicted octanol–water partition coefficient (Wildman–Crippen LogP) is 3.35. The molecule has 4 aromatic rings. The lowest BCUT2D eigenvalue weighted by Gasteiger charge is -2.19. The van der Waals surface area contributed by atoms with Gasteiger partial charge in [-0.2, -0.15) is 0 Å². The number of furan rings is 1. The van der Waals surface area contributed by atoms with Crippen LogP contribution in [0.15, 0.2) is 77.4 Å². The maximum absolute atomic E-state index is 12.9. The molecule has 1 heterocycles. The summed E-state index contributed by atoms with van der Waals surface area (Å²) in [5.41, 5.74) is 7.74. The van der Waals surface area contributed by atoms with E-state index >= 15 is 0 Å². The van der Waals surface area contributed by atoms with Crippen LogP contribution >= 0.6 is 0 Å². The molecule has 0 bridgehead atoms. The first-order chi connectivity index (χ1) is 19.6. The van der Waals surface area contributed by atoms with Crippen LogP contribution in [-0.4, -0.2) is 57.9 Å². The van der Waals surface area contributed by atoms with Crippen LogP contribution in [0.5, 0.6) is 5.75 Å². The minimum absolute atomic E-state index is 0.0297. The molecule has 4 rings (SSSR count). The van der Waals surface area contributed by atoms with Crippen LogP contribution in [0.4, 0.5) is 5.69 Å². The van der Waals surface area contributed by atoms with Gasteiger partial charge in [-0.3, -0.25) is 19.9 Å². The zero-order chi connectivity index (χ0) is 29.5. The maximum atomic E-state index is 12.9. The molecule has 0 radical (unpaired) electrons. The van der Waals surface area contributed by atoms with Crippen molar-refractivity contribution in [3.63, 3.8) is 0 Å². The third-order valence-electron chi connectivity index (χ3n) is 5.96. The van der Waals surface area contributed by atoms with Gasteiger partial charge < -0.3 is 30.4 Å². The number of carbonyl (C=O) groups excluding carboxylic acids is 2. The summed E-state index contributed by atoms with van der Waals surface area (Å²) < 4.78 is 11.0. The van der Waals surface area contributed by atoms with E-state index in [1.807, 2.05) is 0 Å². The molecule has 0 saturated carbocycles. The number of ether oxygens (including phenoxy) is 1. The highest BCUT2D eigenvalue weighted by atomic mass is 16.5. The van der Waals surface area contributed by atoms with Gasteiger partial charge >= 0.3 is 17.9 Å². The summed E-state index contributed by atoms with van der Waals surface area (Å²) in [6.07, 6.45) is 1.39. The number of carboxylic acid groups (broad SMARTS) is 2. The van der Waals surface area contributed by atoms with Gasteiger partial charge in [0.1, 0.15) is 11.3 Å². The predicted molar refractivity (Wildman–Crippen MR) is 148 cm³/mol. The van der Waals surface area contributed by atoms with Crippen LogP contribution in [0.1, 0.15) is 31.8 Å². The molecule has 0 spiro atoms. The molecule has 0 aliphatic carbocycles. The molecule has 12 heteroatoms. The lowest BCUT2D eigenvalue weighted by Crippen LogP contribution is -2.34. The van der Waals surface area contributed by atoms with Crippen molar-refractivity contribution in [3.05, 3.63) is 95.2 Å². The summed E-state index contributed by atoms with van der Waals surface area (Å²) in [5.74, 6) is -3.08. The fourth-order valence-electron chi connectivity index (χ4n) is 4.21. The molecule has 0 aliphatic heterocycles. The normalized spacial score (nSPS) is 10.9. The van der Waals surface area contributed by atoms with Crippen molar-refractivity contribution in [3.8, 4) is 5.75 Å². The maximum Gasteiger partial charge on any atom is 0.343 e. The number of ketones is 1. The summed E-state index contributed by atoms with van der Waals surface area (Å²) in [5, 5.41) is 29.0. The van der Waals surface area contributed by atoms with E-state index in [4.69, 9.17) is 20.3 Å². The second kappa shape index (κ2) is 12.6. The first-order valence-electron chi connectivity index (χ1n) is 12.3. The molecule has 41 heavy (non-hydrogen) atoms. The van der Waals surface area contributed by atoms with Gasteiger partial charge in [0.2, 0.25) is 0 Å². The Morgan fingerprint density at radius 2 is 1.71 bits per heavy atom. The number of aromatic carboxylic acids is 1. The first kappa shape index (κ1) is 28.5. The summed E-state index contributed by atoms with van der Waals surface area (Å²) in [4.78, 5) is 49.5. The second-order valence-corrected chi connectivity index (χ2v) is 9.18. The molecule has 0 aliphatic rings. The minimum atomic E-state index is -1.12. The molecule has 1 aromatic heterocycles. The van der Waals surface area contributed by atoms with Crippen molar-refractivity contribution in [2.75, 3.05) is 18.4 Å². The molecule has 0 atom stereocenters. The van der Waals surface area contributed by atoms with Crippen LogP contribution in [0.25, 0.3) is 11.0 Å². The SMILES string of the molecule is N=C(N)Nc1ccc(C(=O)Oc2ccc3c(CC(=O)CN(CC(=O)O)Cc4cccc(C(=O)O)c4)coc3c2)cc1. The van der Waals surface area contributed by atoms with E-state index in [2.05, 4.69) is 5.32 Å².